The molecule has 0 spiro atoms. The minimum atomic E-state index is -0.455. The first kappa shape index (κ1) is 12.2. The molecule has 3 nitrogen and oxygen atoms in total. The van der Waals surface area contributed by atoms with E-state index in [4.69, 9.17) is 4.74 Å². The first-order valence-corrected chi connectivity index (χ1v) is 5.43. The number of pyridine rings is 1. The fraction of sp³-hybridized carbons (Fsp3) is 0.143. The van der Waals surface area contributed by atoms with Crippen LogP contribution in [-0.2, 0) is 0 Å². The first-order chi connectivity index (χ1) is 8.63. The van der Waals surface area contributed by atoms with Crippen LogP contribution in [0, 0.1) is 5.82 Å². The Bertz CT molecular complexity index is 579. The lowest BCUT2D eigenvalue weighted by Gasteiger charge is -2.07. The van der Waals surface area contributed by atoms with Crippen molar-refractivity contribution in [1.82, 2.24) is 4.98 Å². The van der Waals surface area contributed by atoms with Gasteiger partial charge in [-0.05, 0) is 31.2 Å². The second-order valence-electron chi connectivity index (χ2n) is 3.81. The highest BCUT2D eigenvalue weighted by Crippen LogP contribution is 2.27. The zero-order chi connectivity index (χ0) is 13.1. The van der Waals surface area contributed by atoms with E-state index in [2.05, 4.69) is 4.98 Å². The Morgan fingerprint density at radius 1 is 1.28 bits per heavy atom. The van der Waals surface area contributed by atoms with Crippen LogP contribution in [0.3, 0.4) is 0 Å². The van der Waals surface area contributed by atoms with Gasteiger partial charge in [0.25, 0.3) is 0 Å². The number of rotatable bonds is 3. The minimum absolute atomic E-state index is 0.0693. The van der Waals surface area contributed by atoms with Gasteiger partial charge in [-0.3, -0.25) is 9.78 Å². The minimum Gasteiger partial charge on any atom is -0.494 e. The number of benzene rings is 1. The van der Waals surface area contributed by atoms with Crippen LogP contribution >= 0.6 is 0 Å². The van der Waals surface area contributed by atoms with Gasteiger partial charge in [-0.25, -0.2) is 4.39 Å². The topological polar surface area (TPSA) is 39.2 Å². The fourth-order valence-corrected chi connectivity index (χ4v) is 1.63. The zero-order valence-electron chi connectivity index (χ0n) is 10.1. The van der Waals surface area contributed by atoms with E-state index in [1.54, 1.807) is 30.3 Å². The largest absolute Gasteiger partial charge is 0.494 e. The molecule has 0 unspecified atom stereocenters. The zero-order valence-corrected chi connectivity index (χ0v) is 10.1. The molecule has 0 aliphatic carbocycles. The summed E-state index contributed by atoms with van der Waals surface area (Å²) < 4.78 is 18.9. The Balaban J connectivity index is 2.46. The number of aromatic nitrogens is 1. The summed E-state index contributed by atoms with van der Waals surface area (Å²) >= 11 is 0. The first-order valence-electron chi connectivity index (χ1n) is 5.43. The molecule has 1 aromatic heterocycles. The molecule has 0 radical (unpaired) electrons. The second kappa shape index (κ2) is 4.96. The van der Waals surface area contributed by atoms with E-state index in [1.807, 2.05) is 0 Å². The van der Waals surface area contributed by atoms with E-state index in [0.717, 1.165) is 0 Å². The molecule has 1 aromatic carbocycles. The molecule has 0 amide bonds. The number of ketones is 1. The van der Waals surface area contributed by atoms with E-state index in [1.165, 1.54) is 20.2 Å². The number of hydrogen-bond acceptors (Lipinski definition) is 3. The van der Waals surface area contributed by atoms with Crippen molar-refractivity contribution in [3.05, 3.63) is 47.9 Å². The summed E-state index contributed by atoms with van der Waals surface area (Å²) in [7, 11) is 1.41. The van der Waals surface area contributed by atoms with E-state index in [-0.39, 0.29) is 11.5 Å². The molecule has 2 aromatic rings. The maximum Gasteiger partial charge on any atom is 0.174 e. The van der Waals surface area contributed by atoms with Gasteiger partial charge in [-0.2, -0.15) is 0 Å². The number of carbonyl (C=O) groups is 1. The third-order valence-electron chi connectivity index (χ3n) is 2.63. The SMILES string of the molecule is COc1cccc(-c2ccc(C(C)=O)cn2)c1F. The molecule has 0 aliphatic heterocycles. The molecule has 92 valence electrons. The molecule has 0 aliphatic rings. The van der Waals surface area contributed by atoms with Crippen LogP contribution in [0.2, 0.25) is 0 Å². The van der Waals surface area contributed by atoms with E-state index in [0.29, 0.717) is 16.8 Å². The quantitative estimate of drug-likeness (QED) is 0.780. The lowest BCUT2D eigenvalue weighted by atomic mass is 10.1. The molecule has 4 heteroatoms. The smallest absolute Gasteiger partial charge is 0.174 e. The van der Waals surface area contributed by atoms with E-state index in [9.17, 15) is 9.18 Å². The molecule has 0 N–H and O–H groups in total. The van der Waals surface area contributed by atoms with Crippen molar-refractivity contribution in [3.8, 4) is 17.0 Å². The number of carbonyl (C=O) groups excluding carboxylic acids is 1. The highest BCUT2D eigenvalue weighted by atomic mass is 19.1. The van der Waals surface area contributed by atoms with Gasteiger partial charge >= 0.3 is 0 Å². The summed E-state index contributed by atoms with van der Waals surface area (Å²) in [6.07, 6.45) is 1.44. The lowest BCUT2D eigenvalue weighted by molar-refractivity contribution is 0.101. The summed E-state index contributed by atoms with van der Waals surface area (Å²) in [5.41, 5.74) is 1.32. The number of ether oxygens (including phenoxy) is 1. The van der Waals surface area contributed by atoms with Gasteiger partial charge in [0.15, 0.2) is 17.3 Å². The third kappa shape index (κ3) is 2.22. The van der Waals surface area contributed by atoms with Gasteiger partial charge in [0.2, 0.25) is 0 Å². The highest BCUT2D eigenvalue weighted by molar-refractivity contribution is 5.93. The van der Waals surface area contributed by atoms with Crippen molar-refractivity contribution in [3.63, 3.8) is 0 Å². The average Bonchev–Trinajstić information content (AvgIpc) is 2.39. The predicted molar refractivity (Wildman–Crippen MR) is 66.2 cm³/mol. The van der Waals surface area contributed by atoms with Gasteiger partial charge < -0.3 is 4.74 Å². The summed E-state index contributed by atoms with van der Waals surface area (Å²) in [4.78, 5) is 15.2. The van der Waals surface area contributed by atoms with Crippen LogP contribution in [0.4, 0.5) is 4.39 Å². The number of halogens is 1. The molecule has 18 heavy (non-hydrogen) atoms. The monoisotopic (exact) mass is 245 g/mol. The van der Waals surface area contributed by atoms with Crippen molar-refractivity contribution < 1.29 is 13.9 Å². The molecular formula is C14H12FNO2. The number of Topliss-reactive ketones (excluding diaryl/α,β-unsaturated/α-hetero) is 1. The molecule has 0 bridgehead atoms. The van der Waals surface area contributed by atoms with Gasteiger partial charge in [0.05, 0.1) is 12.8 Å². The molecular weight excluding hydrogens is 233 g/mol. The van der Waals surface area contributed by atoms with Crippen LogP contribution in [0.25, 0.3) is 11.3 Å². The molecule has 1 heterocycles. The Morgan fingerprint density at radius 3 is 2.61 bits per heavy atom. The fourth-order valence-electron chi connectivity index (χ4n) is 1.63. The van der Waals surface area contributed by atoms with Crippen LogP contribution in [0.5, 0.6) is 5.75 Å². The van der Waals surface area contributed by atoms with Crippen LogP contribution < -0.4 is 4.74 Å². The Kier molecular flexibility index (Phi) is 3.37. The molecule has 0 atom stereocenters. The summed E-state index contributed by atoms with van der Waals surface area (Å²) in [6, 6.07) is 8.10. The van der Waals surface area contributed by atoms with Gasteiger partial charge in [-0.15, -0.1) is 0 Å². The number of hydrogen-bond donors (Lipinski definition) is 0. The Morgan fingerprint density at radius 2 is 2.06 bits per heavy atom. The van der Waals surface area contributed by atoms with Crippen molar-refractivity contribution in [1.29, 1.82) is 0 Å². The molecule has 0 saturated carbocycles. The highest BCUT2D eigenvalue weighted by Gasteiger charge is 2.11. The summed E-state index contributed by atoms with van der Waals surface area (Å²) in [6.45, 7) is 1.46. The van der Waals surface area contributed by atoms with Gasteiger partial charge in [0.1, 0.15) is 0 Å². The van der Waals surface area contributed by atoms with Crippen LogP contribution in [-0.4, -0.2) is 17.9 Å². The third-order valence-corrected chi connectivity index (χ3v) is 2.63. The van der Waals surface area contributed by atoms with Gasteiger partial charge in [-0.1, -0.05) is 6.07 Å². The Labute approximate surface area is 104 Å². The lowest BCUT2D eigenvalue weighted by Crippen LogP contribution is -1.96. The van der Waals surface area contributed by atoms with Crippen LogP contribution in [0.1, 0.15) is 17.3 Å². The van der Waals surface area contributed by atoms with Crippen LogP contribution in [0.15, 0.2) is 36.5 Å². The van der Waals surface area contributed by atoms with Gasteiger partial charge in [0, 0.05) is 17.3 Å². The maximum atomic E-state index is 14.0. The normalized spacial score (nSPS) is 10.2. The average molecular weight is 245 g/mol. The van der Waals surface area contributed by atoms with Crippen molar-refractivity contribution in [2.45, 2.75) is 6.92 Å². The Hall–Kier alpha value is -2.23. The molecule has 0 fully saturated rings. The number of methoxy groups -OCH3 is 1. The maximum absolute atomic E-state index is 14.0. The molecule has 2 rings (SSSR count). The van der Waals surface area contributed by atoms with Crippen molar-refractivity contribution in [2.24, 2.45) is 0 Å². The van der Waals surface area contributed by atoms with Crippen molar-refractivity contribution in [2.75, 3.05) is 7.11 Å². The summed E-state index contributed by atoms with van der Waals surface area (Å²) in [5, 5.41) is 0. The number of nitrogens with zero attached hydrogens (tertiary/aromatic N) is 1. The summed E-state index contributed by atoms with van der Waals surface area (Å²) in [5.74, 6) is -0.354. The van der Waals surface area contributed by atoms with E-state index < -0.39 is 5.82 Å². The van der Waals surface area contributed by atoms with Crippen molar-refractivity contribution >= 4 is 5.78 Å². The predicted octanol–water partition coefficient (Wildman–Crippen LogP) is 3.10. The second-order valence-corrected chi connectivity index (χ2v) is 3.81. The standard InChI is InChI=1S/C14H12FNO2/c1-9(17)10-6-7-12(16-8-10)11-4-3-5-13(18-2)14(11)15/h3-8H,1-2H3. The molecule has 0 saturated heterocycles. The van der Waals surface area contributed by atoms with E-state index >= 15 is 0 Å².